The third-order valence-electron chi connectivity index (χ3n) is 2.58. The van der Waals surface area contributed by atoms with E-state index in [-0.39, 0.29) is 0 Å². The summed E-state index contributed by atoms with van der Waals surface area (Å²) in [6.07, 6.45) is 4.37. The zero-order chi connectivity index (χ0) is 9.40. The highest BCUT2D eigenvalue weighted by atomic mass is 16.3. The van der Waals surface area contributed by atoms with Crippen molar-refractivity contribution in [1.82, 2.24) is 0 Å². The number of hydrogen-bond acceptors (Lipinski definition) is 2. The van der Waals surface area contributed by atoms with Gasteiger partial charge in [0.2, 0.25) is 0 Å². The summed E-state index contributed by atoms with van der Waals surface area (Å²) in [7, 11) is 0. The van der Waals surface area contributed by atoms with Crippen LogP contribution in [0.2, 0.25) is 0 Å². The molecule has 0 radical (unpaired) electrons. The van der Waals surface area contributed by atoms with Gasteiger partial charge in [-0.1, -0.05) is 33.1 Å². The molecule has 0 heterocycles. The van der Waals surface area contributed by atoms with E-state index in [0.29, 0.717) is 25.0 Å². The molecular weight excluding hydrogens is 152 g/mol. The molecular formula is C10H22O2. The Labute approximate surface area is 75.6 Å². The van der Waals surface area contributed by atoms with Crippen LogP contribution in [-0.4, -0.2) is 23.4 Å². The monoisotopic (exact) mass is 174 g/mol. The second-order valence-electron chi connectivity index (χ2n) is 3.71. The molecule has 0 aliphatic carbocycles. The average molecular weight is 174 g/mol. The summed E-state index contributed by atoms with van der Waals surface area (Å²) in [5.41, 5.74) is 0. The molecule has 2 N–H and O–H groups in total. The maximum absolute atomic E-state index is 8.87. The van der Waals surface area contributed by atoms with E-state index >= 15 is 0 Å². The molecule has 0 spiro atoms. The van der Waals surface area contributed by atoms with E-state index in [1.165, 1.54) is 12.8 Å². The van der Waals surface area contributed by atoms with Crippen LogP contribution in [0, 0.1) is 11.8 Å². The highest BCUT2D eigenvalue weighted by molar-refractivity contribution is 4.60. The Balaban J connectivity index is 3.24. The van der Waals surface area contributed by atoms with Crippen LogP contribution in [0.3, 0.4) is 0 Å². The van der Waals surface area contributed by atoms with Crippen LogP contribution in [0.25, 0.3) is 0 Å². The summed E-state index contributed by atoms with van der Waals surface area (Å²) in [4.78, 5) is 0. The Morgan fingerprint density at radius 3 is 2.08 bits per heavy atom. The molecule has 0 bridgehead atoms. The van der Waals surface area contributed by atoms with Crippen LogP contribution in [0.5, 0.6) is 0 Å². The van der Waals surface area contributed by atoms with E-state index in [0.717, 1.165) is 12.8 Å². The summed E-state index contributed by atoms with van der Waals surface area (Å²) in [6, 6.07) is 0. The first-order valence-electron chi connectivity index (χ1n) is 4.94. The van der Waals surface area contributed by atoms with E-state index in [4.69, 9.17) is 10.2 Å². The number of unbranched alkanes of at least 4 members (excludes halogenated alkanes) is 2. The molecule has 0 fully saturated rings. The summed E-state index contributed by atoms with van der Waals surface area (Å²) in [6.45, 7) is 4.86. The van der Waals surface area contributed by atoms with Gasteiger partial charge < -0.3 is 10.2 Å². The Morgan fingerprint density at radius 2 is 1.58 bits per heavy atom. The number of aliphatic hydroxyl groups excluding tert-OH is 2. The normalized spacial score (nSPS) is 16.0. The first kappa shape index (κ1) is 11.9. The fourth-order valence-corrected chi connectivity index (χ4v) is 1.22. The molecule has 12 heavy (non-hydrogen) atoms. The van der Waals surface area contributed by atoms with Crippen LogP contribution in [0.1, 0.15) is 39.5 Å². The molecule has 74 valence electrons. The molecule has 2 heteroatoms. The summed E-state index contributed by atoms with van der Waals surface area (Å²) >= 11 is 0. The lowest BCUT2D eigenvalue weighted by atomic mass is 9.91. The smallest absolute Gasteiger partial charge is 0.0459 e. The summed E-state index contributed by atoms with van der Waals surface area (Å²) in [5, 5.41) is 17.4. The average Bonchev–Trinajstić information content (AvgIpc) is 2.10. The van der Waals surface area contributed by atoms with Crippen LogP contribution >= 0.6 is 0 Å². The fraction of sp³-hybridized carbons (Fsp3) is 1.00. The second kappa shape index (κ2) is 7.56. The standard InChI is InChI=1S/C10H22O2/c1-9(10(2)8-12)6-4-3-5-7-11/h9-12H,3-8H2,1-2H3. The van der Waals surface area contributed by atoms with Gasteiger partial charge in [-0.3, -0.25) is 0 Å². The third kappa shape index (κ3) is 5.56. The van der Waals surface area contributed by atoms with Crippen molar-refractivity contribution in [3.8, 4) is 0 Å². The van der Waals surface area contributed by atoms with Crippen LogP contribution in [0.15, 0.2) is 0 Å². The lowest BCUT2D eigenvalue weighted by Gasteiger charge is -2.16. The highest BCUT2D eigenvalue weighted by Gasteiger charge is 2.09. The van der Waals surface area contributed by atoms with Gasteiger partial charge in [-0.25, -0.2) is 0 Å². The van der Waals surface area contributed by atoms with Gasteiger partial charge in [0.05, 0.1) is 0 Å². The van der Waals surface area contributed by atoms with Crippen molar-refractivity contribution in [3.63, 3.8) is 0 Å². The minimum atomic E-state index is 0.293. The topological polar surface area (TPSA) is 40.5 Å². The molecule has 2 nitrogen and oxygen atoms in total. The molecule has 0 aromatic rings. The van der Waals surface area contributed by atoms with Crippen LogP contribution < -0.4 is 0 Å². The zero-order valence-corrected chi connectivity index (χ0v) is 8.29. The molecule has 0 rings (SSSR count). The van der Waals surface area contributed by atoms with E-state index in [9.17, 15) is 0 Å². The van der Waals surface area contributed by atoms with Crippen molar-refractivity contribution in [2.24, 2.45) is 11.8 Å². The van der Waals surface area contributed by atoms with Gasteiger partial charge in [0.15, 0.2) is 0 Å². The molecule has 0 aromatic heterocycles. The van der Waals surface area contributed by atoms with E-state index in [1.807, 2.05) is 0 Å². The maximum Gasteiger partial charge on any atom is 0.0459 e. The van der Waals surface area contributed by atoms with E-state index in [2.05, 4.69) is 13.8 Å². The highest BCUT2D eigenvalue weighted by Crippen LogP contribution is 2.17. The van der Waals surface area contributed by atoms with Crippen LogP contribution in [-0.2, 0) is 0 Å². The minimum absolute atomic E-state index is 0.293. The Morgan fingerprint density at radius 1 is 0.917 bits per heavy atom. The molecule has 2 unspecified atom stereocenters. The number of rotatable bonds is 7. The summed E-state index contributed by atoms with van der Waals surface area (Å²) < 4.78 is 0. The minimum Gasteiger partial charge on any atom is -0.396 e. The molecule has 0 amide bonds. The fourth-order valence-electron chi connectivity index (χ4n) is 1.22. The largest absolute Gasteiger partial charge is 0.396 e. The van der Waals surface area contributed by atoms with Crippen molar-refractivity contribution < 1.29 is 10.2 Å². The van der Waals surface area contributed by atoms with Crippen molar-refractivity contribution in [1.29, 1.82) is 0 Å². The van der Waals surface area contributed by atoms with Crippen LogP contribution in [0.4, 0.5) is 0 Å². The molecule has 0 aromatic carbocycles. The van der Waals surface area contributed by atoms with E-state index < -0.39 is 0 Å². The summed E-state index contributed by atoms with van der Waals surface area (Å²) in [5.74, 6) is 1.02. The Bertz CT molecular complexity index is 93.8. The lowest BCUT2D eigenvalue weighted by molar-refractivity contribution is 0.187. The predicted octanol–water partition coefficient (Wildman–Crippen LogP) is 1.80. The van der Waals surface area contributed by atoms with Crippen molar-refractivity contribution >= 4 is 0 Å². The van der Waals surface area contributed by atoms with Gasteiger partial charge in [0, 0.05) is 13.2 Å². The van der Waals surface area contributed by atoms with Gasteiger partial charge >= 0.3 is 0 Å². The molecule has 0 saturated carbocycles. The van der Waals surface area contributed by atoms with Crippen molar-refractivity contribution in [3.05, 3.63) is 0 Å². The Hall–Kier alpha value is -0.0800. The third-order valence-corrected chi connectivity index (χ3v) is 2.58. The lowest BCUT2D eigenvalue weighted by Crippen LogP contribution is -2.11. The van der Waals surface area contributed by atoms with Gasteiger partial charge in [-0.05, 0) is 18.3 Å². The molecule has 0 saturated heterocycles. The van der Waals surface area contributed by atoms with Crippen molar-refractivity contribution in [2.45, 2.75) is 39.5 Å². The molecule has 2 atom stereocenters. The van der Waals surface area contributed by atoms with Gasteiger partial charge in [-0.2, -0.15) is 0 Å². The quantitative estimate of drug-likeness (QED) is 0.578. The van der Waals surface area contributed by atoms with Crippen molar-refractivity contribution in [2.75, 3.05) is 13.2 Å². The van der Waals surface area contributed by atoms with E-state index in [1.54, 1.807) is 0 Å². The number of hydrogen-bond donors (Lipinski definition) is 2. The first-order valence-corrected chi connectivity index (χ1v) is 4.94. The SMILES string of the molecule is CC(CO)C(C)CCCCCO. The van der Waals surface area contributed by atoms with Gasteiger partial charge in [0.1, 0.15) is 0 Å². The molecule has 0 aliphatic rings. The molecule has 0 aliphatic heterocycles. The predicted molar refractivity (Wildman–Crippen MR) is 51.0 cm³/mol. The zero-order valence-electron chi connectivity index (χ0n) is 8.29. The first-order chi connectivity index (χ1) is 5.72. The van der Waals surface area contributed by atoms with Gasteiger partial charge in [0.25, 0.3) is 0 Å². The maximum atomic E-state index is 8.87. The second-order valence-corrected chi connectivity index (χ2v) is 3.71. The Kier molecular flexibility index (Phi) is 7.51. The van der Waals surface area contributed by atoms with Gasteiger partial charge in [-0.15, -0.1) is 0 Å². The number of aliphatic hydroxyl groups is 2.